The monoisotopic (exact) mass is 362 g/mol. The molecule has 0 heterocycles. The maximum atomic E-state index is 12.6. The van der Waals surface area contributed by atoms with Gasteiger partial charge in [0.2, 0.25) is 0 Å². The first-order valence-corrected chi connectivity index (χ1v) is 9.10. The van der Waals surface area contributed by atoms with Crippen LogP contribution >= 0.6 is 0 Å². The highest BCUT2D eigenvalue weighted by atomic mass is 16.6. The van der Waals surface area contributed by atoms with Crippen molar-refractivity contribution in [3.8, 4) is 0 Å². The van der Waals surface area contributed by atoms with Crippen LogP contribution in [-0.4, -0.2) is 36.2 Å². The molecule has 0 bridgehead atoms. The van der Waals surface area contributed by atoms with Crippen LogP contribution in [0.5, 0.6) is 0 Å². The molecular formula is C20H26O6. The van der Waals surface area contributed by atoms with Gasteiger partial charge < -0.3 is 14.6 Å². The van der Waals surface area contributed by atoms with Crippen molar-refractivity contribution in [2.45, 2.75) is 52.4 Å². The Kier molecular flexibility index (Phi) is 6.77. The molecule has 1 aliphatic rings. The van der Waals surface area contributed by atoms with Gasteiger partial charge in [-0.1, -0.05) is 18.2 Å². The first-order valence-electron chi connectivity index (χ1n) is 9.10. The second-order valence-corrected chi connectivity index (χ2v) is 6.58. The zero-order valence-corrected chi connectivity index (χ0v) is 15.4. The molecule has 0 radical (unpaired) electrons. The van der Waals surface area contributed by atoms with Crippen molar-refractivity contribution in [3.05, 3.63) is 34.9 Å². The summed E-state index contributed by atoms with van der Waals surface area (Å²) in [7, 11) is 0. The summed E-state index contributed by atoms with van der Waals surface area (Å²) >= 11 is 0. The fourth-order valence-electron chi connectivity index (χ4n) is 3.48. The minimum absolute atomic E-state index is 0.0513. The van der Waals surface area contributed by atoms with Gasteiger partial charge in [-0.05, 0) is 62.6 Å². The summed E-state index contributed by atoms with van der Waals surface area (Å²) in [5.41, 5.74) is 1.34. The highest BCUT2D eigenvalue weighted by molar-refractivity contribution is 6.03. The Labute approximate surface area is 153 Å². The maximum absolute atomic E-state index is 12.6. The summed E-state index contributed by atoms with van der Waals surface area (Å²) in [6, 6.07) is 5.84. The normalized spacial score (nSPS) is 13.6. The van der Waals surface area contributed by atoms with E-state index in [-0.39, 0.29) is 19.6 Å². The first-order chi connectivity index (χ1) is 12.4. The van der Waals surface area contributed by atoms with Crippen molar-refractivity contribution >= 4 is 17.9 Å². The number of carbonyl (C=O) groups excluding carboxylic acids is 2. The Bertz CT molecular complexity index is 661. The highest BCUT2D eigenvalue weighted by Gasteiger charge is 2.50. The van der Waals surface area contributed by atoms with Crippen molar-refractivity contribution < 1.29 is 29.0 Å². The number of benzene rings is 1. The van der Waals surface area contributed by atoms with Gasteiger partial charge >= 0.3 is 17.9 Å². The van der Waals surface area contributed by atoms with E-state index in [2.05, 4.69) is 0 Å². The first kappa shape index (κ1) is 19.9. The smallest absolute Gasteiger partial charge is 0.324 e. The van der Waals surface area contributed by atoms with E-state index in [0.29, 0.717) is 0 Å². The second kappa shape index (κ2) is 8.83. The molecule has 2 rings (SSSR count). The minimum atomic E-state index is -1.87. The quantitative estimate of drug-likeness (QED) is 0.565. The van der Waals surface area contributed by atoms with Crippen LogP contribution in [0.3, 0.4) is 0 Å². The van der Waals surface area contributed by atoms with Gasteiger partial charge in [0.05, 0.1) is 19.6 Å². The molecular weight excluding hydrogens is 336 g/mol. The molecule has 0 amide bonds. The molecule has 0 atom stereocenters. The number of aliphatic carboxylic acids is 1. The van der Waals surface area contributed by atoms with Crippen molar-refractivity contribution in [3.63, 3.8) is 0 Å². The molecule has 142 valence electrons. The number of aryl methyl sites for hydroxylation is 2. The number of fused-ring (bicyclic) bond motifs is 1. The average Bonchev–Trinajstić information content (AvgIpc) is 2.61. The molecule has 1 aromatic rings. The number of carboxylic acids is 1. The van der Waals surface area contributed by atoms with E-state index in [0.717, 1.165) is 31.2 Å². The van der Waals surface area contributed by atoms with E-state index < -0.39 is 29.7 Å². The summed E-state index contributed by atoms with van der Waals surface area (Å²) < 4.78 is 10.1. The zero-order valence-electron chi connectivity index (χ0n) is 15.4. The number of carboxylic acid groups (broad SMARTS) is 1. The molecule has 0 spiro atoms. The topological polar surface area (TPSA) is 89.9 Å². The molecule has 0 aromatic heterocycles. The third-order valence-electron chi connectivity index (χ3n) is 4.70. The summed E-state index contributed by atoms with van der Waals surface area (Å²) in [5, 5.41) is 9.34. The summed E-state index contributed by atoms with van der Waals surface area (Å²) in [4.78, 5) is 36.7. The number of hydrogen-bond acceptors (Lipinski definition) is 5. The van der Waals surface area contributed by atoms with Crippen LogP contribution in [0.15, 0.2) is 18.2 Å². The van der Waals surface area contributed by atoms with Crippen molar-refractivity contribution in [1.29, 1.82) is 0 Å². The van der Waals surface area contributed by atoms with Gasteiger partial charge in [-0.3, -0.25) is 14.4 Å². The van der Waals surface area contributed by atoms with Gasteiger partial charge in [-0.25, -0.2) is 0 Å². The maximum Gasteiger partial charge on any atom is 0.324 e. The molecule has 1 aromatic carbocycles. The van der Waals surface area contributed by atoms with E-state index in [4.69, 9.17) is 9.47 Å². The lowest BCUT2D eigenvalue weighted by Gasteiger charge is -2.28. The van der Waals surface area contributed by atoms with Gasteiger partial charge in [0.15, 0.2) is 5.41 Å². The van der Waals surface area contributed by atoms with Gasteiger partial charge in [-0.15, -0.1) is 0 Å². The molecule has 0 saturated carbocycles. The van der Waals surface area contributed by atoms with Crippen LogP contribution in [-0.2, 0) is 43.1 Å². The minimum Gasteiger partial charge on any atom is -0.481 e. The Morgan fingerprint density at radius 1 is 1.00 bits per heavy atom. The van der Waals surface area contributed by atoms with Crippen LogP contribution in [0, 0.1) is 5.41 Å². The van der Waals surface area contributed by atoms with E-state index in [1.165, 1.54) is 11.1 Å². The predicted molar refractivity (Wildman–Crippen MR) is 94.7 cm³/mol. The number of rotatable bonds is 8. The zero-order chi connectivity index (χ0) is 19.2. The molecule has 6 heteroatoms. The van der Waals surface area contributed by atoms with Gasteiger partial charge in [-0.2, -0.15) is 0 Å². The summed E-state index contributed by atoms with van der Waals surface area (Å²) in [6.07, 6.45) is 3.51. The van der Waals surface area contributed by atoms with E-state index in [9.17, 15) is 19.5 Å². The third kappa shape index (κ3) is 4.42. The molecule has 0 fully saturated rings. The van der Waals surface area contributed by atoms with Crippen LogP contribution in [0.25, 0.3) is 0 Å². The summed E-state index contributed by atoms with van der Waals surface area (Å²) in [6.45, 7) is 3.36. The van der Waals surface area contributed by atoms with Gasteiger partial charge in [0.25, 0.3) is 0 Å². The van der Waals surface area contributed by atoms with Crippen LogP contribution in [0.2, 0.25) is 0 Å². The van der Waals surface area contributed by atoms with Crippen LogP contribution < -0.4 is 0 Å². The SMILES string of the molecule is CCOC(=O)C(CC(=O)O)(Cc1ccc2c(c1)CCCC2)C(=O)OCC. The highest BCUT2D eigenvalue weighted by Crippen LogP contribution is 2.33. The van der Waals surface area contributed by atoms with Crippen LogP contribution in [0.1, 0.15) is 49.8 Å². The van der Waals surface area contributed by atoms with Crippen LogP contribution in [0.4, 0.5) is 0 Å². The van der Waals surface area contributed by atoms with E-state index in [1.807, 2.05) is 18.2 Å². The average molecular weight is 362 g/mol. The van der Waals surface area contributed by atoms with Gasteiger partial charge in [0, 0.05) is 0 Å². The molecule has 0 saturated heterocycles. The lowest BCUT2D eigenvalue weighted by molar-refractivity contribution is -0.176. The van der Waals surface area contributed by atoms with Crippen molar-refractivity contribution in [1.82, 2.24) is 0 Å². The fraction of sp³-hybridized carbons (Fsp3) is 0.550. The number of carbonyl (C=O) groups is 3. The fourth-order valence-corrected chi connectivity index (χ4v) is 3.48. The Balaban J connectivity index is 2.42. The molecule has 1 N–H and O–H groups in total. The van der Waals surface area contributed by atoms with E-state index >= 15 is 0 Å². The standard InChI is InChI=1S/C20H26O6/c1-3-25-18(23)20(13-17(21)22,19(24)26-4-2)12-14-9-10-15-7-5-6-8-16(15)11-14/h9-11H,3-8,12-13H2,1-2H3,(H,21,22). The number of ether oxygens (including phenoxy) is 2. The predicted octanol–water partition coefficient (Wildman–Crippen LogP) is 2.70. The van der Waals surface area contributed by atoms with Crippen molar-refractivity contribution in [2.75, 3.05) is 13.2 Å². The lowest BCUT2D eigenvalue weighted by Crippen LogP contribution is -2.45. The number of hydrogen-bond donors (Lipinski definition) is 1. The molecule has 0 aliphatic heterocycles. The number of esters is 2. The second-order valence-electron chi connectivity index (χ2n) is 6.58. The van der Waals surface area contributed by atoms with E-state index in [1.54, 1.807) is 13.8 Å². The third-order valence-corrected chi connectivity index (χ3v) is 4.70. The largest absolute Gasteiger partial charge is 0.481 e. The Morgan fingerprint density at radius 3 is 2.12 bits per heavy atom. The van der Waals surface area contributed by atoms with Crippen molar-refractivity contribution in [2.24, 2.45) is 5.41 Å². The summed E-state index contributed by atoms with van der Waals surface area (Å²) in [5.74, 6) is -2.94. The lowest BCUT2D eigenvalue weighted by atomic mass is 9.77. The Hall–Kier alpha value is -2.37. The molecule has 6 nitrogen and oxygen atoms in total. The Morgan fingerprint density at radius 2 is 1.58 bits per heavy atom. The molecule has 1 aliphatic carbocycles. The molecule has 0 unspecified atom stereocenters. The molecule has 26 heavy (non-hydrogen) atoms. The van der Waals surface area contributed by atoms with Gasteiger partial charge in [0.1, 0.15) is 0 Å².